The van der Waals surface area contributed by atoms with E-state index >= 15 is 0 Å². The van der Waals surface area contributed by atoms with Crippen molar-refractivity contribution >= 4 is 11.5 Å². The van der Waals surface area contributed by atoms with E-state index < -0.39 is 5.95 Å². The smallest absolute Gasteiger partial charge is 0.218 e. The highest BCUT2D eigenvalue weighted by molar-refractivity contribution is 5.57. The second kappa shape index (κ2) is 4.26. The fourth-order valence-electron chi connectivity index (χ4n) is 1.44. The Labute approximate surface area is 92.3 Å². The number of hydrogen-bond donors (Lipinski definition) is 1. The molecule has 0 aromatic carbocycles. The van der Waals surface area contributed by atoms with E-state index in [0.29, 0.717) is 5.82 Å². The lowest BCUT2D eigenvalue weighted by Crippen LogP contribution is -1.97. The Kier molecular flexibility index (Phi) is 2.80. The molecule has 5 nitrogen and oxygen atoms in total. The molecule has 0 fully saturated rings. The Hall–Kier alpha value is -1.98. The molecule has 0 amide bonds. The average Bonchev–Trinajstić information content (AvgIpc) is 2.59. The van der Waals surface area contributed by atoms with Crippen LogP contribution < -0.4 is 5.32 Å². The molecule has 0 spiro atoms. The largest absolute Gasteiger partial charge is 0.337 e. The molecule has 0 saturated heterocycles. The summed E-state index contributed by atoms with van der Waals surface area (Å²) in [7, 11) is 1.84. The minimum absolute atomic E-state index is 0.426. The highest BCUT2D eigenvalue weighted by Crippen LogP contribution is 2.18. The third-order valence-corrected chi connectivity index (χ3v) is 2.14. The van der Waals surface area contributed by atoms with Crippen molar-refractivity contribution < 1.29 is 4.39 Å². The molecule has 2 aromatic rings. The van der Waals surface area contributed by atoms with Crippen LogP contribution in [0.4, 0.5) is 15.9 Å². The highest BCUT2D eigenvalue weighted by atomic mass is 19.1. The molecular weight excluding hydrogens is 209 g/mol. The van der Waals surface area contributed by atoms with E-state index in [9.17, 15) is 4.39 Å². The van der Waals surface area contributed by atoms with Gasteiger partial charge >= 0.3 is 0 Å². The average molecular weight is 221 g/mol. The zero-order valence-electron chi connectivity index (χ0n) is 9.11. The molecule has 2 aromatic heterocycles. The molecule has 2 heterocycles. The van der Waals surface area contributed by atoms with Gasteiger partial charge in [0.15, 0.2) is 0 Å². The van der Waals surface area contributed by atoms with E-state index in [-0.39, 0.29) is 0 Å². The summed E-state index contributed by atoms with van der Waals surface area (Å²) >= 11 is 0. The quantitative estimate of drug-likeness (QED) is 0.801. The van der Waals surface area contributed by atoms with Gasteiger partial charge in [-0.1, -0.05) is 6.92 Å². The molecule has 6 heteroatoms. The van der Waals surface area contributed by atoms with E-state index in [1.54, 1.807) is 4.68 Å². The number of aromatic nitrogens is 4. The number of rotatable bonds is 3. The van der Waals surface area contributed by atoms with Crippen molar-refractivity contribution in [1.29, 1.82) is 0 Å². The number of hydrogen-bond acceptors (Lipinski definition) is 4. The van der Waals surface area contributed by atoms with Gasteiger partial charge in [-0.15, -0.1) is 0 Å². The summed E-state index contributed by atoms with van der Waals surface area (Å²) in [5, 5.41) is 7.28. The monoisotopic (exact) mass is 221 g/mol. The van der Waals surface area contributed by atoms with Gasteiger partial charge in [0.1, 0.15) is 12.1 Å². The van der Waals surface area contributed by atoms with Crippen molar-refractivity contribution in [2.45, 2.75) is 13.3 Å². The van der Waals surface area contributed by atoms with Crippen LogP contribution in [0.3, 0.4) is 0 Å². The highest BCUT2D eigenvalue weighted by Gasteiger charge is 2.06. The normalized spacial score (nSPS) is 10.4. The third-order valence-electron chi connectivity index (χ3n) is 2.14. The summed E-state index contributed by atoms with van der Waals surface area (Å²) in [5.74, 6) is -0.130. The second-order valence-electron chi connectivity index (χ2n) is 3.37. The number of halogens is 1. The Bertz CT molecular complexity index is 494. The van der Waals surface area contributed by atoms with Gasteiger partial charge in [0.25, 0.3) is 0 Å². The molecular formula is C10H12FN5. The zero-order valence-corrected chi connectivity index (χ0v) is 9.11. The van der Waals surface area contributed by atoms with Gasteiger partial charge in [0.2, 0.25) is 5.95 Å². The Balaban J connectivity index is 2.26. The van der Waals surface area contributed by atoms with Crippen molar-refractivity contribution in [2.75, 3.05) is 5.32 Å². The fraction of sp³-hybridized carbons (Fsp3) is 0.300. The van der Waals surface area contributed by atoms with Crippen molar-refractivity contribution in [1.82, 2.24) is 19.7 Å². The number of aryl methyl sites for hydroxylation is 2. The van der Waals surface area contributed by atoms with Crippen LogP contribution in [-0.2, 0) is 13.5 Å². The lowest BCUT2D eigenvalue weighted by molar-refractivity contribution is 0.580. The van der Waals surface area contributed by atoms with Gasteiger partial charge < -0.3 is 5.32 Å². The topological polar surface area (TPSA) is 55.6 Å². The van der Waals surface area contributed by atoms with Gasteiger partial charge in [-0.05, 0) is 6.42 Å². The molecule has 84 valence electrons. The second-order valence-corrected chi connectivity index (χ2v) is 3.37. The maximum Gasteiger partial charge on any atom is 0.218 e. The van der Waals surface area contributed by atoms with Crippen LogP contribution >= 0.6 is 0 Å². The van der Waals surface area contributed by atoms with E-state index in [0.717, 1.165) is 17.8 Å². The molecule has 0 aliphatic rings. The first-order chi connectivity index (χ1) is 7.69. The van der Waals surface area contributed by atoms with Crippen LogP contribution in [0.2, 0.25) is 0 Å². The van der Waals surface area contributed by atoms with E-state index in [4.69, 9.17) is 0 Å². The van der Waals surface area contributed by atoms with Gasteiger partial charge in [-0.3, -0.25) is 4.68 Å². The predicted octanol–water partition coefficient (Wildman–Crippen LogP) is 1.66. The van der Waals surface area contributed by atoms with Crippen molar-refractivity contribution in [3.8, 4) is 0 Å². The minimum atomic E-state index is -0.556. The summed E-state index contributed by atoms with van der Waals surface area (Å²) in [6.07, 6.45) is 3.81. The molecule has 0 bridgehead atoms. The molecule has 0 aliphatic carbocycles. The summed E-state index contributed by atoms with van der Waals surface area (Å²) in [5.41, 5.74) is 1.75. The van der Waals surface area contributed by atoms with Crippen LogP contribution in [0.1, 0.15) is 12.6 Å². The van der Waals surface area contributed by atoms with Crippen molar-refractivity contribution in [2.24, 2.45) is 7.05 Å². The van der Waals surface area contributed by atoms with Crippen molar-refractivity contribution in [3.63, 3.8) is 0 Å². The fourth-order valence-corrected chi connectivity index (χ4v) is 1.44. The van der Waals surface area contributed by atoms with Crippen LogP contribution in [-0.4, -0.2) is 19.7 Å². The van der Waals surface area contributed by atoms with Crippen molar-refractivity contribution in [3.05, 3.63) is 30.2 Å². The van der Waals surface area contributed by atoms with Crippen LogP contribution in [0.15, 0.2) is 18.6 Å². The molecule has 0 atom stereocenters. The first kappa shape index (κ1) is 10.5. The van der Waals surface area contributed by atoms with Gasteiger partial charge in [-0.25, -0.2) is 9.97 Å². The SMILES string of the molecule is CCc1nn(C)cc1Nc1cc(F)ncn1. The lowest BCUT2D eigenvalue weighted by Gasteiger charge is -2.03. The summed E-state index contributed by atoms with van der Waals surface area (Å²) in [4.78, 5) is 7.31. The Morgan fingerprint density at radius 1 is 1.44 bits per heavy atom. The first-order valence-corrected chi connectivity index (χ1v) is 4.96. The van der Waals surface area contributed by atoms with E-state index in [2.05, 4.69) is 20.4 Å². The van der Waals surface area contributed by atoms with Gasteiger partial charge in [0.05, 0.1) is 11.4 Å². The van der Waals surface area contributed by atoms with E-state index in [1.807, 2.05) is 20.2 Å². The van der Waals surface area contributed by atoms with Gasteiger partial charge in [0, 0.05) is 19.3 Å². The standard InChI is InChI=1S/C10H12FN5/c1-3-7-8(5-16(2)15-7)14-10-4-9(11)12-6-13-10/h4-6H,3H2,1-2H3,(H,12,13,14). The molecule has 16 heavy (non-hydrogen) atoms. The summed E-state index contributed by atoms with van der Waals surface area (Å²) in [6, 6.07) is 1.24. The van der Waals surface area contributed by atoms with E-state index in [1.165, 1.54) is 12.4 Å². The molecule has 2 rings (SSSR count). The molecule has 0 radical (unpaired) electrons. The third kappa shape index (κ3) is 2.16. The van der Waals surface area contributed by atoms with Gasteiger partial charge in [-0.2, -0.15) is 9.49 Å². The minimum Gasteiger partial charge on any atom is -0.337 e. The first-order valence-electron chi connectivity index (χ1n) is 4.96. The summed E-state index contributed by atoms with van der Waals surface area (Å²) in [6.45, 7) is 2.01. The Morgan fingerprint density at radius 3 is 2.94 bits per heavy atom. The van der Waals surface area contributed by atoms with Crippen LogP contribution in [0.5, 0.6) is 0 Å². The van der Waals surface area contributed by atoms with Crippen LogP contribution in [0, 0.1) is 5.95 Å². The lowest BCUT2D eigenvalue weighted by atomic mass is 10.3. The molecule has 0 saturated carbocycles. The maximum absolute atomic E-state index is 12.8. The number of nitrogens with one attached hydrogen (secondary N) is 1. The van der Waals surface area contributed by atoms with Crippen LogP contribution in [0.25, 0.3) is 0 Å². The zero-order chi connectivity index (χ0) is 11.5. The maximum atomic E-state index is 12.8. The molecule has 1 N–H and O–H groups in total. The molecule has 0 aliphatic heterocycles. The summed E-state index contributed by atoms with van der Waals surface area (Å²) < 4.78 is 14.6. The molecule has 0 unspecified atom stereocenters. The number of anilines is 2. The Morgan fingerprint density at radius 2 is 2.25 bits per heavy atom. The number of nitrogens with zero attached hydrogens (tertiary/aromatic N) is 4. The predicted molar refractivity (Wildman–Crippen MR) is 57.9 cm³/mol.